The molecule has 132 valence electrons. The summed E-state index contributed by atoms with van der Waals surface area (Å²) in [4.78, 5) is 20.2. The zero-order valence-corrected chi connectivity index (χ0v) is 14.0. The highest BCUT2D eigenvalue weighted by molar-refractivity contribution is 6.03. The molecule has 1 aromatic heterocycles. The number of hydrogen-bond acceptors (Lipinski definition) is 4. The first-order valence-corrected chi connectivity index (χ1v) is 7.99. The summed E-state index contributed by atoms with van der Waals surface area (Å²) in [6.07, 6.45) is 3.57. The van der Waals surface area contributed by atoms with Crippen LogP contribution >= 0.6 is 0 Å². The topological polar surface area (TPSA) is 66.9 Å². The third-order valence-electron chi connectivity index (χ3n) is 3.71. The fourth-order valence-electron chi connectivity index (χ4n) is 2.25. The van der Waals surface area contributed by atoms with Crippen molar-refractivity contribution in [1.82, 2.24) is 9.97 Å². The molecule has 0 saturated heterocycles. The predicted octanol–water partition coefficient (Wildman–Crippen LogP) is 4.31. The Labute approximate surface area is 149 Å². The van der Waals surface area contributed by atoms with Gasteiger partial charge in [-0.2, -0.15) is 0 Å². The number of carbonyl (C=O) groups is 1. The highest BCUT2D eigenvalue weighted by Crippen LogP contribution is 2.18. The number of aryl methyl sites for hydroxylation is 1. The minimum atomic E-state index is -0.758. The van der Waals surface area contributed by atoms with Crippen LogP contribution in [0.4, 0.5) is 26.1 Å². The van der Waals surface area contributed by atoms with Crippen LogP contribution in [-0.2, 0) is 6.42 Å². The van der Waals surface area contributed by atoms with Gasteiger partial charge < -0.3 is 10.6 Å². The standard InChI is InChI=1S/C19H16F2N4O/c1-2-12-3-6-15(7-4-12)24-18(26)13-10-22-19(23-11-13)25-17-8-5-14(20)9-16(17)21/h3-11H,2H2,1H3,(H,24,26)(H,22,23,25). The van der Waals surface area contributed by atoms with Gasteiger partial charge in [-0.15, -0.1) is 0 Å². The van der Waals surface area contributed by atoms with Crippen LogP contribution in [0.1, 0.15) is 22.8 Å². The molecule has 0 aliphatic carbocycles. The normalized spacial score (nSPS) is 10.4. The number of rotatable bonds is 5. The lowest BCUT2D eigenvalue weighted by atomic mass is 10.1. The number of nitrogens with one attached hydrogen (secondary N) is 2. The molecular weight excluding hydrogens is 338 g/mol. The Balaban J connectivity index is 1.67. The average molecular weight is 354 g/mol. The lowest BCUT2D eigenvalue weighted by Gasteiger charge is -2.08. The fourth-order valence-corrected chi connectivity index (χ4v) is 2.25. The van der Waals surface area contributed by atoms with Crippen molar-refractivity contribution in [2.75, 3.05) is 10.6 Å². The Morgan fingerprint density at radius 1 is 1.04 bits per heavy atom. The molecule has 0 spiro atoms. The fraction of sp³-hybridized carbons (Fsp3) is 0.105. The molecule has 0 radical (unpaired) electrons. The Morgan fingerprint density at radius 3 is 2.35 bits per heavy atom. The molecule has 3 aromatic rings. The molecule has 1 heterocycles. The van der Waals surface area contributed by atoms with E-state index in [2.05, 4.69) is 27.5 Å². The Kier molecular flexibility index (Phi) is 5.17. The minimum absolute atomic E-state index is 0.0413. The molecule has 5 nitrogen and oxygen atoms in total. The second-order valence-corrected chi connectivity index (χ2v) is 5.55. The Bertz CT molecular complexity index is 912. The molecule has 0 fully saturated rings. The van der Waals surface area contributed by atoms with Crippen LogP contribution in [0.2, 0.25) is 0 Å². The van der Waals surface area contributed by atoms with Gasteiger partial charge in [0, 0.05) is 24.1 Å². The maximum Gasteiger partial charge on any atom is 0.258 e. The van der Waals surface area contributed by atoms with Crippen molar-refractivity contribution in [2.24, 2.45) is 0 Å². The summed E-state index contributed by atoms with van der Waals surface area (Å²) in [5.41, 5.74) is 2.15. The van der Waals surface area contributed by atoms with Crippen LogP contribution in [0, 0.1) is 11.6 Å². The van der Waals surface area contributed by atoms with Gasteiger partial charge in [0.25, 0.3) is 5.91 Å². The summed E-state index contributed by atoms with van der Waals surface area (Å²) >= 11 is 0. The van der Waals surface area contributed by atoms with Crippen LogP contribution in [0.3, 0.4) is 0 Å². The molecule has 1 amide bonds. The largest absolute Gasteiger partial charge is 0.322 e. The van der Waals surface area contributed by atoms with Crippen LogP contribution in [-0.4, -0.2) is 15.9 Å². The monoisotopic (exact) mass is 354 g/mol. The number of hydrogen-bond donors (Lipinski definition) is 2. The molecule has 0 saturated carbocycles. The number of halogens is 2. The van der Waals surface area contributed by atoms with E-state index in [1.807, 2.05) is 24.3 Å². The molecule has 3 rings (SSSR count). The number of nitrogens with zero attached hydrogens (tertiary/aromatic N) is 2. The molecule has 7 heteroatoms. The Hall–Kier alpha value is -3.35. The highest BCUT2D eigenvalue weighted by Gasteiger charge is 2.09. The van der Waals surface area contributed by atoms with Gasteiger partial charge in [-0.3, -0.25) is 4.79 Å². The van der Waals surface area contributed by atoms with Gasteiger partial charge in [-0.05, 0) is 36.2 Å². The van der Waals surface area contributed by atoms with Crippen molar-refractivity contribution in [3.8, 4) is 0 Å². The van der Waals surface area contributed by atoms with Gasteiger partial charge in [0.05, 0.1) is 11.3 Å². The first kappa shape index (κ1) is 17.5. The summed E-state index contributed by atoms with van der Waals surface area (Å²) in [6, 6.07) is 10.7. The molecule has 0 unspecified atom stereocenters. The first-order valence-electron chi connectivity index (χ1n) is 7.99. The van der Waals surface area contributed by atoms with E-state index in [0.717, 1.165) is 18.6 Å². The number of aromatic nitrogens is 2. The van der Waals surface area contributed by atoms with Crippen LogP contribution in [0.5, 0.6) is 0 Å². The van der Waals surface area contributed by atoms with Crippen molar-refractivity contribution >= 4 is 23.2 Å². The third kappa shape index (κ3) is 4.18. The smallest absolute Gasteiger partial charge is 0.258 e. The third-order valence-corrected chi connectivity index (χ3v) is 3.71. The summed E-state index contributed by atoms with van der Waals surface area (Å²) in [5.74, 6) is -1.69. The van der Waals surface area contributed by atoms with E-state index in [1.165, 1.54) is 24.0 Å². The van der Waals surface area contributed by atoms with Crippen molar-refractivity contribution in [1.29, 1.82) is 0 Å². The van der Waals surface area contributed by atoms with E-state index in [9.17, 15) is 13.6 Å². The van der Waals surface area contributed by atoms with Gasteiger partial charge in [0.1, 0.15) is 11.6 Å². The summed E-state index contributed by atoms with van der Waals surface area (Å²) in [6.45, 7) is 2.05. The molecule has 0 atom stereocenters. The summed E-state index contributed by atoms with van der Waals surface area (Å²) in [5, 5.41) is 5.39. The van der Waals surface area contributed by atoms with Crippen LogP contribution < -0.4 is 10.6 Å². The van der Waals surface area contributed by atoms with Crippen molar-refractivity contribution in [3.05, 3.63) is 77.6 Å². The quantitative estimate of drug-likeness (QED) is 0.716. The zero-order chi connectivity index (χ0) is 18.5. The van der Waals surface area contributed by atoms with E-state index < -0.39 is 11.6 Å². The lowest BCUT2D eigenvalue weighted by Crippen LogP contribution is -2.13. The average Bonchev–Trinajstić information content (AvgIpc) is 2.65. The van der Waals surface area contributed by atoms with E-state index in [0.29, 0.717) is 5.69 Å². The molecule has 0 bridgehead atoms. The van der Waals surface area contributed by atoms with Gasteiger partial charge in [-0.25, -0.2) is 18.7 Å². The minimum Gasteiger partial charge on any atom is -0.322 e. The van der Waals surface area contributed by atoms with E-state index >= 15 is 0 Å². The molecule has 0 aliphatic heterocycles. The zero-order valence-electron chi connectivity index (χ0n) is 14.0. The second kappa shape index (κ2) is 7.69. The van der Waals surface area contributed by atoms with Gasteiger partial charge in [-0.1, -0.05) is 19.1 Å². The maximum atomic E-state index is 13.6. The maximum absolute atomic E-state index is 13.6. The predicted molar refractivity (Wildman–Crippen MR) is 95.4 cm³/mol. The van der Waals surface area contributed by atoms with E-state index in [4.69, 9.17) is 0 Å². The van der Waals surface area contributed by atoms with Crippen LogP contribution in [0.25, 0.3) is 0 Å². The lowest BCUT2D eigenvalue weighted by molar-refractivity contribution is 0.102. The van der Waals surface area contributed by atoms with Gasteiger partial charge in [0.15, 0.2) is 0 Å². The molecule has 0 aliphatic rings. The SMILES string of the molecule is CCc1ccc(NC(=O)c2cnc(Nc3ccc(F)cc3F)nc2)cc1. The highest BCUT2D eigenvalue weighted by atomic mass is 19.1. The van der Waals surface area contributed by atoms with Crippen LogP contribution in [0.15, 0.2) is 54.9 Å². The van der Waals surface area contributed by atoms with Crippen molar-refractivity contribution in [2.45, 2.75) is 13.3 Å². The summed E-state index contributed by atoms with van der Waals surface area (Å²) in [7, 11) is 0. The molecular formula is C19H16F2N4O. The number of carbonyl (C=O) groups excluding carboxylic acids is 1. The van der Waals surface area contributed by atoms with Gasteiger partial charge in [0.2, 0.25) is 5.95 Å². The first-order chi connectivity index (χ1) is 12.5. The molecule has 2 N–H and O–H groups in total. The number of benzene rings is 2. The van der Waals surface area contributed by atoms with Crippen molar-refractivity contribution < 1.29 is 13.6 Å². The van der Waals surface area contributed by atoms with Crippen molar-refractivity contribution in [3.63, 3.8) is 0 Å². The number of anilines is 3. The Morgan fingerprint density at radius 2 is 1.73 bits per heavy atom. The van der Waals surface area contributed by atoms with Gasteiger partial charge >= 0.3 is 0 Å². The van der Waals surface area contributed by atoms with E-state index in [1.54, 1.807) is 0 Å². The second-order valence-electron chi connectivity index (χ2n) is 5.55. The number of amides is 1. The van der Waals surface area contributed by atoms with E-state index in [-0.39, 0.29) is 23.1 Å². The molecule has 2 aromatic carbocycles. The summed E-state index contributed by atoms with van der Waals surface area (Å²) < 4.78 is 26.5. The molecule has 26 heavy (non-hydrogen) atoms.